The van der Waals surface area contributed by atoms with Gasteiger partial charge in [0.05, 0.1) is 19.8 Å². The average Bonchev–Trinajstić information content (AvgIpc) is 3.16. The van der Waals surface area contributed by atoms with Crippen LogP contribution in [0.3, 0.4) is 0 Å². The van der Waals surface area contributed by atoms with E-state index in [1.54, 1.807) is 0 Å². The van der Waals surface area contributed by atoms with Gasteiger partial charge in [0.25, 0.3) is 0 Å². The van der Waals surface area contributed by atoms with Crippen molar-refractivity contribution in [1.82, 2.24) is 0 Å². The molecule has 0 aromatic heterocycles. The van der Waals surface area contributed by atoms with Gasteiger partial charge in [-0.2, -0.15) is 0 Å². The lowest BCUT2D eigenvalue weighted by molar-refractivity contribution is -0.161. The van der Waals surface area contributed by atoms with Crippen LogP contribution in [0.15, 0.2) is 12.2 Å². The predicted molar refractivity (Wildman–Crippen MR) is 219 cm³/mol. The molecule has 0 aliphatic heterocycles. The van der Waals surface area contributed by atoms with Gasteiger partial charge in [0, 0.05) is 12.8 Å². The molecule has 0 fully saturated rings. The number of carbonyl (C=O) groups excluding carboxylic acids is 2. The topological polar surface area (TPSA) is 149 Å². The number of unbranched alkanes of at least 4 members (excludes halogenated alkanes) is 26. The maximum Gasteiger partial charge on any atom is 0.472 e. The van der Waals surface area contributed by atoms with E-state index in [1.807, 2.05) is 0 Å². The van der Waals surface area contributed by atoms with Crippen molar-refractivity contribution in [1.29, 1.82) is 0 Å². The number of allylic oxidation sites excluding steroid dienone is 2. The molecule has 1 unspecified atom stereocenters. The molecule has 0 spiro atoms. The van der Waals surface area contributed by atoms with Crippen LogP contribution < -0.4 is 0 Å². The molecule has 0 radical (unpaired) electrons. The summed E-state index contributed by atoms with van der Waals surface area (Å²) in [6.45, 7) is 2.39. The fraction of sp³-hybridized carbons (Fsp3) is 0.907. The molecular weight excluding hydrogens is 707 g/mol. The highest BCUT2D eigenvalue weighted by Crippen LogP contribution is 2.43. The molecule has 3 atom stereocenters. The van der Waals surface area contributed by atoms with E-state index in [-0.39, 0.29) is 19.4 Å². The second kappa shape index (κ2) is 39.9. The molecule has 0 heterocycles. The minimum Gasteiger partial charge on any atom is -0.462 e. The Morgan fingerprint density at radius 2 is 0.907 bits per heavy atom. The summed E-state index contributed by atoms with van der Waals surface area (Å²) in [5.74, 6) is -0.917. The third-order valence-electron chi connectivity index (χ3n) is 9.67. The first kappa shape index (κ1) is 52.7. The Morgan fingerprint density at radius 3 is 1.33 bits per heavy atom. The van der Waals surface area contributed by atoms with Crippen LogP contribution in [0.4, 0.5) is 0 Å². The highest BCUT2D eigenvalue weighted by atomic mass is 31.2. The van der Waals surface area contributed by atoms with Gasteiger partial charge < -0.3 is 24.6 Å². The Labute approximate surface area is 330 Å². The first-order chi connectivity index (χ1) is 26.2. The van der Waals surface area contributed by atoms with Crippen LogP contribution in [0, 0.1) is 0 Å². The molecule has 0 saturated carbocycles. The summed E-state index contributed by atoms with van der Waals surface area (Å²) in [5.41, 5.74) is 0. The number of hydrogen-bond donors (Lipinski definition) is 3. The van der Waals surface area contributed by atoms with E-state index in [1.165, 1.54) is 135 Å². The third-order valence-corrected chi connectivity index (χ3v) is 10.6. The number of phosphoric acid groups is 1. The van der Waals surface area contributed by atoms with Gasteiger partial charge in [-0.15, -0.1) is 0 Å². The normalized spacial score (nSPS) is 13.9. The Balaban J connectivity index is 4.21. The molecule has 0 aromatic rings. The van der Waals surface area contributed by atoms with Crippen LogP contribution in [0.2, 0.25) is 0 Å². The molecule has 3 N–H and O–H groups in total. The maximum atomic E-state index is 12.6. The molecule has 0 aromatic carbocycles. The Bertz CT molecular complexity index is 915. The predicted octanol–water partition coefficient (Wildman–Crippen LogP) is 11.6. The summed E-state index contributed by atoms with van der Waals surface area (Å²) >= 11 is 0. The van der Waals surface area contributed by atoms with Crippen molar-refractivity contribution >= 4 is 19.8 Å². The van der Waals surface area contributed by atoms with E-state index in [0.717, 1.165) is 38.5 Å². The van der Waals surface area contributed by atoms with Gasteiger partial charge in [-0.25, -0.2) is 4.57 Å². The van der Waals surface area contributed by atoms with E-state index < -0.39 is 51.8 Å². The largest absolute Gasteiger partial charge is 0.472 e. The van der Waals surface area contributed by atoms with E-state index in [0.29, 0.717) is 12.8 Å². The smallest absolute Gasteiger partial charge is 0.462 e. The molecule has 320 valence electrons. The molecule has 11 heteroatoms. The summed E-state index contributed by atoms with van der Waals surface area (Å²) < 4.78 is 32.7. The van der Waals surface area contributed by atoms with Crippen LogP contribution in [-0.2, 0) is 32.7 Å². The number of aliphatic hydroxyl groups is 2. The van der Waals surface area contributed by atoms with Gasteiger partial charge in [0.1, 0.15) is 12.7 Å². The lowest BCUT2D eigenvalue weighted by Crippen LogP contribution is -2.29. The van der Waals surface area contributed by atoms with Crippen LogP contribution in [0.5, 0.6) is 0 Å². The molecule has 0 aliphatic carbocycles. The molecule has 0 bridgehead atoms. The number of aliphatic hydroxyl groups excluding tert-OH is 2. The molecule has 0 aliphatic rings. The van der Waals surface area contributed by atoms with Crippen molar-refractivity contribution in [2.45, 2.75) is 225 Å². The zero-order valence-corrected chi connectivity index (χ0v) is 35.6. The highest BCUT2D eigenvalue weighted by Gasteiger charge is 2.27. The second-order valence-corrected chi connectivity index (χ2v) is 16.5. The number of ether oxygens (including phenoxy) is 2. The Morgan fingerprint density at radius 1 is 0.537 bits per heavy atom. The summed E-state index contributed by atoms with van der Waals surface area (Å²) in [5, 5.41) is 18.3. The quantitative estimate of drug-likeness (QED) is 0.0236. The standard InChI is InChI=1S/C43H83O10P/c1-3-5-7-9-11-13-15-17-18-19-20-21-22-23-25-26-28-30-32-34-42(46)50-38-41(39-52-54(48,49)51-37-40(45)36-44)53-43(47)35-33-31-29-27-24-16-14-12-10-8-6-4-2/h17-18,40-41,44-45H,3-16,19-39H2,1-2H3,(H,48,49)/b18-17+/t40-,41+/m1/s1. The first-order valence-electron chi connectivity index (χ1n) is 22.1. The molecule has 0 saturated heterocycles. The van der Waals surface area contributed by atoms with Crippen molar-refractivity contribution in [3.63, 3.8) is 0 Å². The Kier molecular flexibility index (Phi) is 39.0. The van der Waals surface area contributed by atoms with Crippen LogP contribution in [-0.4, -0.2) is 65.7 Å². The van der Waals surface area contributed by atoms with Crippen molar-refractivity contribution in [2.75, 3.05) is 26.4 Å². The monoisotopic (exact) mass is 791 g/mol. The average molecular weight is 791 g/mol. The van der Waals surface area contributed by atoms with E-state index >= 15 is 0 Å². The maximum absolute atomic E-state index is 12.6. The molecule has 54 heavy (non-hydrogen) atoms. The van der Waals surface area contributed by atoms with Crippen LogP contribution in [0.1, 0.15) is 213 Å². The zero-order chi connectivity index (χ0) is 39.8. The fourth-order valence-corrected chi connectivity index (χ4v) is 7.01. The van der Waals surface area contributed by atoms with E-state index in [4.69, 9.17) is 19.1 Å². The number of phosphoric ester groups is 1. The lowest BCUT2D eigenvalue weighted by atomic mass is 10.0. The van der Waals surface area contributed by atoms with Gasteiger partial charge in [-0.05, 0) is 38.5 Å². The molecule has 0 rings (SSSR count). The minimum absolute atomic E-state index is 0.189. The SMILES string of the molecule is CCCCCCCC/C=C/CCCCCCCCCCCC(=O)OC[C@@H](COP(=O)(O)OC[C@H](O)CO)OC(=O)CCCCCCCCCCCCCC. The van der Waals surface area contributed by atoms with Gasteiger partial charge in [0.2, 0.25) is 0 Å². The molecular formula is C43H83O10P. The van der Waals surface area contributed by atoms with Crippen molar-refractivity contribution in [3.05, 3.63) is 12.2 Å². The highest BCUT2D eigenvalue weighted by molar-refractivity contribution is 7.47. The van der Waals surface area contributed by atoms with Gasteiger partial charge in [0.15, 0.2) is 6.10 Å². The second-order valence-electron chi connectivity index (χ2n) is 15.1. The van der Waals surface area contributed by atoms with Crippen LogP contribution >= 0.6 is 7.82 Å². The minimum atomic E-state index is -4.61. The summed E-state index contributed by atoms with van der Waals surface area (Å²) in [6, 6.07) is 0. The first-order valence-corrected chi connectivity index (χ1v) is 23.6. The van der Waals surface area contributed by atoms with Crippen LogP contribution in [0.25, 0.3) is 0 Å². The van der Waals surface area contributed by atoms with Gasteiger partial charge >= 0.3 is 19.8 Å². The van der Waals surface area contributed by atoms with Gasteiger partial charge in [-0.3, -0.25) is 18.6 Å². The molecule has 0 amide bonds. The van der Waals surface area contributed by atoms with E-state index in [9.17, 15) is 24.2 Å². The number of esters is 2. The summed E-state index contributed by atoms with van der Waals surface area (Å²) in [7, 11) is -4.61. The third kappa shape index (κ3) is 39.0. The number of hydrogen-bond acceptors (Lipinski definition) is 9. The number of rotatable bonds is 42. The van der Waals surface area contributed by atoms with Gasteiger partial charge in [-0.1, -0.05) is 174 Å². The zero-order valence-electron chi connectivity index (χ0n) is 34.7. The van der Waals surface area contributed by atoms with Crippen molar-refractivity contribution < 1.29 is 47.8 Å². The van der Waals surface area contributed by atoms with Crippen molar-refractivity contribution in [2.24, 2.45) is 0 Å². The molecule has 10 nitrogen and oxygen atoms in total. The Hall–Kier alpha value is -1.29. The number of carbonyl (C=O) groups is 2. The summed E-state index contributed by atoms with van der Waals surface area (Å²) in [6.07, 6.45) is 37.5. The fourth-order valence-electron chi connectivity index (χ4n) is 6.22. The van der Waals surface area contributed by atoms with E-state index in [2.05, 4.69) is 30.5 Å². The lowest BCUT2D eigenvalue weighted by Gasteiger charge is -2.20. The summed E-state index contributed by atoms with van der Waals surface area (Å²) in [4.78, 5) is 35.0. The van der Waals surface area contributed by atoms with Crippen molar-refractivity contribution in [3.8, 4) is 0 Å².